The standard InChI is InChI=1S/C13H16N4/c14-6-10-5-11(15)7-16-13(10)17(12-3-4-12)8-9-1-2-9/h5,7,9,12H,1-4,8,15H2. The van der Waals surface area contributed by atoms with Gasteiger partial charge in [0.05, 0.1) is 17.4 Å². The molecule has 2 N–H and O–H groups in total. The number of nitrogen functional groups attached to an aromatic ring is 1. The smallest absolute Gasteiger partial charge is 0.146 e. The molecule has 2 saturated carbocycles. The highest BCUT2D eigenvalue weighted by molar-refractivity contribution is 5.60. The number of rotatable bonds is 4. The minimum Gasteiger partial charge on any atom is -0.397 e. The molecule has 0 unspecified atom stereocenters. The van der Waals surface area contributed by atoms with Crippen molar-refractivity contribution in [3.63, 3.8) is 0 Å². The Morgan fingerprint density at radius 2 is 2.18 bits per heavy atom. The summed E-state index contributed by atoms with van der Waals surface area (Å²) in [7, 11) is 0. The molecule has 88 valence electrons. The van der Waals surface area contributed by atoms with Crippen LogP contribution in [0.15, 0.2) is 12.3 Å². The lowest BCUT2D eigenvalue weighted by atomic mass is 10.2. The van der Waals surface area contributed by atoms with Crippen LogP contribution < -0.4 is 10.6 Å². The van der Waals surface area contributed by atoms with Crippen LogP contribution in [-0.2, 0) is 0 Å². The van der Waals surface area contributed by atoms with E-state index in [4.69, 9.17) is 5.73 Å². The number of hydrogen-bond acceptors (Lipinski definition) is 4. The zero-order valence-corrected chi connectivity index (χ0v) is 9.76. The van der Waals surface area contributed by atoms with E-state index in [2.05, 4.69) is 16.0 Å². The van der Waals surface area contributed by atoms with E-state index in [9.17, 15) is 5.26 Å². The van der Waals surface area contributed by atoms with Crippen molar-refractivity contribution in [1.82, 2.24) is 4.98 Å². The molecule has 0 aliphatic heterocycles. The first-order chi connectivity index (χ1) is 8.28. The first-order valence-electron chi connectivity index (χ1n) is 6.20. The summed E-state index contributed by atoms with van der Waals surface area (Å²) < 4.78 is 0. The molecule has 0 spiro atoms. The van der Waals surface area contributed by atoms with Crippen LogP contribution in [-0.4, -0.2) is 17.6 Å². The third kappa shape index (κ3) is 2.19. The van der Waals surface area contributed by atoms with Crippen molar-refractivity contribution >= 4 is 11.5 Å². The summed E-state index contributed by atoms with van der Waals surface area (Å²) >= 11 is 0. The number of nitrogens with two attached hydrogens (primary N) is 1. The van der Waals surface area contributed by atoms with Gasteiger partial charge in [0.15, 0.2) is 0 Å². The van der Waals surface area contributed by atoms with Crippen molar-refractivity contribution < 1.29 is 0 Å². The molecule has 0 bridgehead atoms. The van der Waals surface area contributed by atoms with E-state index in [1.807, 2.05) is 0 Å². The first-order valence-corrected chi connectivity index (χ1v) is 6.20. The summed E-state index contributed by atoms with van der Waals surface area (Å²) in [5.41, 5.74) is 6.85. The first kappa shape index (κ1) is 10.4. The molecule has 2 aliphatic rings. The minimum absolute atomic E-state index is 0.562. The molecule has 1 heterocycles. The molecule has 0 amide bonds. The lowest BCUT2D eigenvalue weighted by molar-refractivity contribution is 0.708. The third-order valence-electron chi connectivity index (χ3n) is 3.42. The quantitative estimate of drug-likeness (QED) is 0.855. The van der Waals surface area contributed by atoms with Crippen LogP contribution in [0.1, 0.15) is 31.2 Å². The maximum Gasteiger partial charge on any atom is 0.146 e. The summed E-state index contributed by atoms with van der Waals surface area (Å²) in [5, 5.41) is 9.17. The van der Waals surface area contributed by atoms with E-state index in [0.29, 0.717) is 17.3 Å². The van der Waals surface area contributed by atoms with Crippen LogP contribution in [0.3, 0.4) is 0 Å². The monoisotopic (exact) mass is 228 g/mol. The zero-order chi connectivity index (χ0) is 11.8. The Labute approximate surface area is 101 Å². The molecule has 2 fully saturated rings. The average molecular weight is 228 g/mol. The van der Waals surface area contributed by atoms with Crippen molar-refractivity contribution in [3.05, 3.63) is 17.8 Å². The SMILES string of the molecule is N#Cc1cc(N)cnc1N(CC1CC1)C1CC1. The highest BCUT2D eigenvalue weighted by Gasteiger charge is 2.35. The Hall–Kier alpha value is -1.76. The Kier molecular flexibility index (Phi) is 2.40. The van der Waals surface area contributed by atoms with Crippen LogP contribution in [0, 0.1) is 17.2 Å². The second kappa shape index (κ2) is 3.92. The molecule has 4 heteroatoms. The normalized spacial score (nSPS) is 18.8. The number of aromatic nitrogens is 1. The van der Waals surface area contributed by atoms with Crippen LogP contribution in [0.4, 0.5) is 11.5 Å². The fraction of sp³-hybridized carbons (Fsp3) is 0.538. The minimum atomic E-state index is 0.562. The summed E-state index contributed by atoms with van der Waals surface area (Å²) in [5.74, 6) is 1.64. The Bertz CT molecular complexity index is 469. The number of pyridine rings is 1. The molecule has 3 rings (SSSR count). The predicted molar refractivity (Wildman–Crippen MR) is 66.5 cm³/mol. The van der Waals surface area contributed by atoms with Gasteiger partial charge in [0.25, 0.3) is 0 Å². The number of anilines is 2. The third-order valence-corrected chi connectivity index (χ3v) is 3.42. The van der Waals surface area contributed by atoms with E-state index in [1.165, 1.54) is 25.7 Å². The number of nitrogens with zero attached hydrogens (tertiary/aromatic N) is 3. The lowest BCUT2D eigenvalue weighted by Crippen LogP contribution is -2.29. The molecule has 0 saturated heterocycles. The van der Waals surface area contributed by atoms with Crippen molar-refractivity contribution in [3.8, 4) is 6.07 Å². The van der Waals surface area contributed by atoms with Crippen LogP contribution >= 0.6 is 0 Å². The fourth-order valence-corrected chi connectivity index (χ4v) is 2.16. The fourth-order valence-electron chi connectivity index (χ4n) is 2.16. The maximum atomic E-state index is 9.17. The molecule has 0 radical (unpaired) electrons. The zero-order valence-electron chi connectivity index (χ0n) is 9.76. The highest BCUT2D eigenvalue weighted by atomic mass is 15.2. The highest BCUT2D eigenvalue weighted by Crippen LogP contribution is 2.38. The van der Waals surface area contributed by atoms with Crippen LogP contribution in [0.5, 0.6) is 0 Å². The molecule has 1 aromatic rings. The molecule has 17 heavy (non-hydrogen) atoms. The average Bonchev–Trinajstić information content (AvgIpc) is 3.18. The van der Waals surface area contributed by atoms with Gasteiger partial charge in [-0.25, -0.2) is 4.98 Å². The van der Waals surface area contributed by atoms with Crippen molar-refractivity contribution in [1.29, 1.82) is 5.26 Å². The van der Waals surface area contributed by atoms with Gasteiger partial charge in [0.2, 0.25) is 0 Å². The number of hydrogen-bond donors (Lipinski definition) is 1. The van der Waals surface area contributed by atoms with Gasteiger partial charge < -0.3 is 10.6 Å². The largest absolute Gasteiger partial charge is 0.397 e. The summed E-state index contributed by atoms with van der Waals surface area (Å²) in [6.45, 7) is 1.05. The molecular weight excluding hydrogens is 212 g/mol. The predicted octanol–water partition coefficient (Wildman–Crippen LogP) is 1.91. The molecule has 4 nitrogen and oxygen atoms in total. The van der Waals surface area contributed by atoms with E-state index in [-0.39, 0.29) is 0 Å². The Morgan fingerprint density at radius 3 is 2.76 bits per heavy atom. The molecular formula is C13H16N4. The van der Waals surface area contributed by atoms with Gasteiger partial charge in [0.1, 0.15) is 11.9 Å². The van der Waals surface area contributed by atoms with Crippen LogP contribution in [0.25, 0.3) is 0 Å². The summed E-state index contributed by atoms with van der Waals surface area (Å²) in [4.78, 5) is 6.69. The van der Waals surface area contributed by atoms with Crippen molar-refractivity contribution in [2.24, 2.45) is 5.92 Å². The van der Waals surface area contributed by atoms with Gasteiger partial charge in [-0.05, 0) is 37.7 Å². The van der Waals surface area contributed by atoms with Gasteiger partial charge in [-0.2, -0.15) is 5.26 Å². The maximum absolute atomic E-state index is 9.17. The van der Waals surface area contributed by atoms with E-state index in [0.717, 1.165) is 18.3 Å². The molecule has 1 aromatic heterocycles. The van der Waals surface area contributed by atoms with Crippen molar-refractivity contribution in [2.45, 2.75) is 31.7 Å². The van der Waals surface area contributed by atoms with Crippen molar-refractivity contribution in [2.75, 3.05) is 17.2 Å². The summed E-state index contributed by atoms with van der Waals surface area (Å²) in [6, 6.07) is 4.53. The second-order valence-electron chi connectivity index (χ2n) is 5.08. The van der Waals surface area contributed by atoms with E-state index < -0.39 is 0 Å². The van der Waals surface area contributed by atoms with Gasteiger partial charge in [-0.1, -0.05) is 0 Å². The molecule has 0 aromatic carbocycles. The van der Waals surface area contributed by atoms with Gasteiger partial charge in [-0.15, -0.1) is 0 Å². The van der Waals surface area contributed by atoms with Crippen LogP contribution in [0.2, 0.25) is 0 Å². The lowest BCUT2D eigenvalue weighted by Gasteiger charge is -2.24. The Balaban J connectivity index is 1.91. The van der Waals surface area contributed by atoms with Gasteiger partial charge >= 0.3 is 0 Å². The topological polar surface area (TPSA) is 65.9 Å². The summed E-state index contributed by atoms with van der Waals surface area (Å²) in [6.07, 6.45) is 6.74. The Morgan fingerprint density at radius 1 is 1.41 bits per heavy atom. The second-order valence-corrected chi connectivity index (χ2v) is 5.08. The molecule has 0 atom stereocenters. The van der Waals surface area contributed by atoms with E-state index >= 15 is 0 Å². The number of nitriles is 1. The molecule has 2 aliphatic carbocycles. The van der Waals surface area contributed by atoms with E-state index in [1.54, 1.807) is 12.3 Å². The van der Waals surface area contributed by atoms with Gasteiger partial charge in [0, 0.05) is 12.6 Å². The van der Waals surface area contributed by atoms with Gasteiger partial charge in [-0.3, -0.25) is 0 Å².